The third-order valence-electron chi connectivity index (χ3n) is 3.96. The highest BCUT2D eigenvalue weighted by Crippen LogP contribution is 2.24. The van der Waals surface area contributed by atoms with Crippen molar-refractivity contribution in [2.24, 2.45) is 7.05 Å². The largest absolute Gasteiger partial charge is 0.450 e. The lowest BCUT2D eigenvalue weighted by molar-refractivity contribution is 0.115. The molecule has 1 fully saturated rings. The van der Waals surface area contributed by atoms with Crippen molar-refractivity contribution in [1.82, 2.24) is 24.6 Å². The number of ether oxygens (including phenoxy) is 1. The van der Waals surface area contributed by atoms with Gasteiger partial charge in [-0.2, -0.15) is 5.10 Å². The number of anilines is 2. The van der Waals surface area contributed by atoms with Crippen molar-refractivity contribution >= 4 is 17.9 Å². The van der Waals surface area contributed by atoms with Gasteiger partial charge in [-0.1, -0.05) is 0 Å². The molecule has 24 heavy (non-hydrogen) atoms. The predicted molar refractivity (Wildman–Crippen MR) is 89.3 cm³/mol. The molecule has 1 atom stereocenters. The highest BCUT2D eigenvalue weighted by atomic mass is 16.6. The van der Waals surface area contributed by atoms with E-state index in [9.17, 15) is 4.79 Å². The van der Waals surface area contributed by atoms with Gasteiger partial charge in [0.25, 0.3) is 0 Å². The van der Waals surface area contributed by atoms with Gasteiger partial charge in [-0.15, -0.1) is 0 Å². The fraction of sp³-hybridized carbons (Fsp3) is 0.467. The fourth-order valence-corrected chi connectivity index (χ4v) is 2.66. The van der Waals surface area contributed by atoms with Gasteiger partial charge in [0.2, 0.25) is 5.95 Å². The Morgan fingerprint density at radius 2 is 2.38 bits per heavy atom. The molecule has 1 amide bonds. The Bertz CT molecular complexity index is 730. The summed E-state index contributed by atoms with van der Waals surface area (Å²) < 4.78 is 6.62. The van der Waals surface area contributed by atoms with E-state index >= 15 is 0 Å². The first kappa shape index (κ1) is 16.0. The molecule has 0 aromatic carbocycles. The molecule has 9 heteroatoms. The van der Waals surface area contributed by atoms with Gasteiger partial charge in [0.15, 0.2) is 0 Å². The van der Waals surface area contributed by atoms with Gasteiger partial charge in [-0.05, 0) is 19.4 Å². The first-order valence-electron chi connectivity index (χ1n) is 7.87. The minimum absolute atomic E-state index is 0.0934. The van der Waals surface area contributed by atoms with E-state index in [-0.39, 0.29) is 12.1 Å². The molecule has 128 valence electrons. The van der Waals surface area contributed by atoms with Crippen LogP contribution in [-0.2, 0) is 11.8 Å². The van der Waals surface area contributed by atoms with Crippen molar-refractivity contribution in [2.45, 2.75) is 19.4 Å². The molecule has 1 saturated heterocycles. The van der Waals surface area contributed by atoms with Gasteiger partial charge >= 0.3 is 6.09 Å². The van der Waals surface area contributed by atoms with E-state index in [0.29, 0.717) is 37.2 Å². The standard InChI is InChI=1S/C15H21N7O2/c1-3-24-15(23)22-7-5-10(9-22)19-14-17-6-4-12(20-14)11-8-18-21(2)13(11)16/h4,6,8,10H,3,5,7,9,16H2,1-2H3,(H,17,19,20). The Labute approximate surface area is 139 Å². The number of aryl methyl sites for hydroxylation is 1. The first-order chi connectivity index (χ1) is 11.6. The smallest absolute Gasteiger partial charge is 0.409 e. The third-order valence-corrected chi connectivity index (χ3v) is 3.96. The average molecular weight is 331 g/mol. The zero-order chi connectivity index (χ0) is 17.1. The monoisotopic (exact) mass is 331 g/mol. The minimum atomic E-state index is -0.278. The Hall–Kier alpha value is -2.84. The van der Waals surface area contributed by atoms with Crippen LogP contribution in [0.25, 0.3) is 11.3 Å². The van der Waals surface area contributed by atoms with Gasteiger partial charge in [0.05, 0.1) is 24.1 Å². The van der Waals surface area contributed by atoms with Gasteiger partial charge in [0, 0.05) is 32.4 Å². The van der Waals surface area contributed by atoms with Crippen LogP contribution >= 0.6 is 0 Å². The normalized spacial score (nSPS) is 17.1. The first-order valence-corrected chi connectivity index (χ1v) is 7.87. The van der Waals surface area contributed by atoms with Crippen molar-refractivity contribution in [2.75, 3.05) is 30.7 Å². The number of nitrogens with two attached hydrogens (primary N) is 1. The zero-order valence-electron chi connectivity index (χ0n) is 13.8. The molecule has 0 bridgehead atoms. The quantitative estimate of drug-likeness (QED) is 0.863. The summed E-state index contributed by atoms with van der Waals surface area (Å²) in [6.45, 7) is 3.41. The number of rotatable bonds is 4. The summed E-state index contributed by atoms with van der Waals surface area (Å²) in [6.07, 6.45) is 3.90. The number of carbonyl (C=O) groups excluding carboxylic acids is 1. The number of nitrogen functional groups attached to an aromatic ring is 1. The number of carbonyl (C=O) groups is 1. The highest BCUT2D eigenvalue weighted by molar-refractivity contribution is 5.71. The molecule has 0 aliphatic carbocycles. The SMILES string of the molecule is CCOC(=O)N1CCC(Nc2nccc(-c3cnn(C)c3N)n2)C1. The number of amides is 1. The van der Waals surface area contributed by atoms with Crippen LogP contribution in [0.1, 0.15) is 13.3 Å². The second-order valence-corrected chi connectivity index (χ2v) is 5.61. The molecule has 1 unspecified atom stereocenters. The summed E-state index contributed by atoms with van der Waals surface area (Å²) >= 11 is 0. The van der Waals surface area contributed by atoms with E-state index < -0.39 is 0 Å². The van der Waals surface area contributed by atoms with E-state index in [1.807, 2.05) is 0 Å². The Morgan fingerprint density at radius 1 is 1.54 bits per heavy atom. The maximum Gasteiger partial charge on any atom is 0.409 e. The number of hydrogen-bond acceptors (Lipinski definition) is 7. The molecule has 3 heterocycles. The van der Waals surface area contributed by atoms with E-state index in [0.717, 1.165) is 12.0 Å². The topological polar surface area (TPSA) is 111 Å². The Morgan fingerprint density at radius 3 is 3.08 bits per heavy atom. The zero-order valence-corrected chi connectivity index (χ0v) is 13.8. The molecule has 0 saturated carbocycles. The van der Waals surface area contributed by atoms with Crippen LogP contribution < -0.4 is 11.1 Å². The van der Waals surface area contributed by atoms with Crippen LogP contribution in [0.15, 0.2) is 18.5 Å². The summed E-state index contributed by atoms with van der Waals surface area (Å²) in [5, 5.41) is 7.39. The number of likely N-dealkylation sites (tertiary alicyclic amines) is 1. The lowest BCUT2D eigenvalue weighted by Crippen LogP contribution is -2.32. The van der Waals surface area contributed by atoms with Gasteiger partial charge < -0.3 is 20.7 Å². The van der Waals surface area contributed by atoms with Crippen LogP contribution in [0.4, 0.5) is 16.6 Å². The lowest BCUT2D eigenvalue weighted by Gasteiger charge is -2.16. The van der Waals surface area contributed by atoms with Gasteiger partial charge in [-0.3, -0.25) is 4.68 Å². The van der Waals surface area contributed by atoms with Crippen molar-refractivity contribution in [3.8, 4) is 11.3 Å². The van der Waals surface area contributed by atoms with Crippen molar-refractivity contribution in [3.63, 3.8) is 0 Å². The lowest BCUT2D eigenvalue weighted by atomic mass is 10.2. The van der Waals surface area contributed by atoms with Crippen LogP contribution in [0, 0.1) is 0 Å². The van der Waals surface area contributed by atoms with Crippen molar-refractivity contribution < 1.29 is 9.53 Å². The molecule has 1 aliphatic rings. The minimum Gasteiger partial charge on any atom is -0.450 e. The molecule has 3 rings (SSSR count). The Balaban J connectivity index is 1.68. The highest BCUT2D eigenvalue weighted by Gasteiger charge is 2.27. The van der Waals surface area contributed by atoms with Crippen LogP contribution in [-0.4, -0.2) is 56.5 Å². The van der Waals surface area contributed by atoms with E-state index in [2.05, 4.69) is 20.4 Å². The third kappa shape index (κ3) is 3.24. The Kier molecular flexibility index (Phi) is 4.50. The summed E-state index contributed by atoms with van der Waals surface area (Å²) in [7, 11) is 1.78. The summed E-state index contributed by atoms with van der Waals surface area (Å²) in [5.41, 5.74) is 7.46. The van der Waals surface area contributed by atoms with Crippen LogP contribution in [0.2, 0.25) is 0 Å². The molecular weight excluding hydrogens is 310 g/mol. The van der Waals surface area contributed by atoms with Crippen molar-refractivity contribution in [1.29, 1.82) is 0 Å². The van der Waals surface area contributed by atoms with E-state index in [1.54, 1.807) is 42.0 Å². The second-order valence-electron chi connectivity index (χ2n) is 5.61. The fourth-order valence-electron chi connectivity index (χ4n) is 2.66. The molecule has 9 nitrogen and oxygen atoms in total. The maximum absolute atomic E-state index is 11.7. The molecule has 0 radical (unpaired) electrons. The van der Waals surface area contributed by atoms with Crippen molar-refractivity contribution in [3.05, 3.63) is 18.5 Å². The maximum atomic E-state index is 11.7. The van der Waals surface area contributed by atoms with Gasteiger partial charge in [-0.25, -0.2) is 14.8 Å². The second kappa shape index (κ2) is 6.73. The number of aromatic nitrogens is 4. The van der Waals surface area contributed by atoms with E-state index in [4.69, 9.17) is 10.5 Å². The number of nitrogens with zero attached hydrogens (tertiary/aromatic N) is 5. The summed E-state index contributed by atoms with van der Waals surface area (Å²) in [4.78, 5) is 22.2. The molecule has 0 spiro atoms. The average Bonchev–Trinajstić information content (AvgIpc) is 3.16. The number of hydrogen-bond donors (Lipinski definition) is 2. The van der Waals surface area contributed by atoms with E-state index in [1.165, 1.54) is 0 Å². The predicted octanol–water partition coefficient (Wildman–Crippen LogP) is 1.10. The molecule has 3 N–H and O–H groups in total. The molecule has 1 aliphatic heterocycles. The summed E-state index contributed by atoms with van der Waals surface area (Å²) in [6, 6.07) is 1.88. The van der Waals surface area contributed by atoms with Gasteiger partial charge in [0.1, 0.15) is 5.82 Å². The van der Waals surface area contributed by atoms with Crippen LogP contribution in [0.3, 0.4) is 0 Å². The number of nitrogens with one attached hydrogen (secondary N) is 1. The molecule has 2 aromatic rings. The summed E-state index contributed by atoms with van der Waals surface area (Å²) in [5.74, 6) is 1.06. The van der Waals surface area contributed by atoms with Crippen LogP contribution in [0.5, 0.6) is 0 Å². The molecule has 2 aromatic heterocycles. The molecular formula is C15H21N7O2.